The van der Waals surface area contributed by atoms with Crippen molar-refractivity contribution in [3.63, 3.8) is 0 Å². The van der Waals surface area contributed by atoms with Crippen molar-refractivity contribution >= 4 is 5.91 Å². The van der Waals surface area contributed by atoms with E-state index in [0.29, 0.717) is 18.3 Å². The molecular weight excluding hydrogens is 332 g/mol. The molecule has 2 fully saturated rings. The van der Waals surface area contributed by atoms with Crippen LogP contribution in [-0.2, 0) is 9.47 Å². The number of likely N-dealkylation sites (tertiary alicyclic amines) is 1. The van der Waals surface area contributed by atoms with Gasteiger partial charge >= 0.3 is 0 Å². The van der Waals surface area contributed by atoms with E-state index in [2.05, 4.69) is 14.9 Å². The second-order valence-electron chi connectivity index (χ2n) is 7.54. The highest BCUT2D eigenvalue weighted by Crippen LogP contribution is 2.21. The van der Waals surface area contributed by atoms with Gasteiger partial charge in [0.15, 0.2) is 5.82 Å². The second-order valence-corrected chi connectivity index (χ2v) is 7.54. The lowest BCUT2D eigenvalue weighted by Crippen LogP contribution is -2.44. The third-order valence-electron chi connectivity index (χ3n) is 5.44. The Hall–Kier alpha value is -1.44. The summed E-state index contributed by atoms with van der Waals surface area (Å²) in [6, 6.07) is 0. The van der Waals surface area contributed by atoms with Crippen molar-refractivity contribution in [1.82, 2.24) is 19.8 Å². The van der Waals surface area contributed by atoms with Crippen LogP contribution in [0.15, 0.2) is 6.20 Å². The molecule has 2 aliphatic heterocycles. The number of aromatic nitrogens is 2. The zero-order valence-electron chi connectivity index (χ0n) is 16.1. The fourth-order valence-corrected chi connectivity index (χ4v) is 3.87. The zero-order chi connectivity index (χ0) is 18.4. The number of H-pyrrole nitrogens is 1. The lowest BCUT2D eigenvalue weighted by atomic mass is 9.96. The number of aryl methyl sites for hydroxylation is 1. The van der Waals surface area contributed by atoms with E-state index in [1.54, 1.807) is 13.3 Å². The minimum absolute atomic E-state index is 0.00425. The van der Waals surface area contributed by atoms with Gasteiger partial charge in [0.1, 0.15) is 0 Å². The SMILES string of the molecule is COCCN1CCC(CN(C[C@@H]2CCCO2)C(=O)c2ncc(C)[nH]2)CC1. The van der Waals surface area contributed by atoms with Gasteiger partial charge in [0, 0.05) is 45.2 Å². The maximum absolute atomic E-state index is 13.0. The predicted molar refractivity (Wildman–Crippen MR) is 99.2 cm³/mol. The Morgan fingerprint density at radius 2 is 2.19 bits per heavy atom. The molecule has 2 aliphatic rings. The Kier molecular flexibility index (Phi) is 7.05. The van der Waals surface area contributed by atoms with Crippen molar-refractivity contribution in [3.8, 4) is 0 Å². The van der Waals surface area contributed by atoms with Gasteiger partial charge < -0.3 is 24.3 Å². The standard InChI is InChI=1S/C19H32N4O3/c1-15-12-20-18(21-15)19(24)23(14-17-4-3-10-26-17)13-16-5-7-22(8-6-16)9-11-25-2/h12,16-17H,3-11,13-14H2,1-2H3,(H,20,21)/t17-/m0/s1. The van der Waals surface area contributed by atoms with E-state index in [1.165, 1.54) is 0 Å². The number of carbonyl (C=O) groups excluding carboxylic acids is 1. The van der Waals surface area contributed by atoms with Crippen LogP contribution in [0.3, 0.4) is 0 Å². The summed E-state index contributed by atoms with van der Waals surface area (Å²) in [4.78, 5) is 24.7. The van der Waals surface area contributed by atoms with Gasteiger partial charge in [-0.15, -0.1) is 0 Å². The number of hydrogen-bond acceptors (Lipinski definition) is 5. The highest BCUT2D eigenvalue weighted by atomic mass is 16.5. The summed E-state index contributed by atoms with van der Waals surface area (Å²) in [5.74, 6) is 0.976. The number of ether oxygens (including phenoxy) is 2. The van der Waals surface area contributed by atoms with E-state index in [9.17, 15) is 4.79 Å². The van der Waals surface area contributed by atoms with Gasteiger partial charge in [-0.3, -0.25) is 4.79 Å². The van der Waals surface area contributed by atoms with E-state index in [1.807, 2.05) is 11.8 Å². The molecule has 0 bridgehead atoms. The van der Waals surface area contributed by atoms with Crippen molar-refractivity contribution in [2.24, 2.45) is 5.92 Å². The number of aromatic amines is 1. The molecule has 26 heavy (non-hydrogen) atoms. The van der Waals surface area contributed by atoms with E-state index in [-0.39, 0.29) is 12.0 Å². The molecule has 0 radical (unpaired) electrons. The Balaban J connectivity index is 1.57. The van der Waals surface area contributed by atoms with Crippen LogP contribution in [0.5, 0.6) is 0 Å². The number of amides is 1. The number of rotatable bonds is 8. The highest BCUT2D eigenvalue weighted by molar-refractivity contribution is 5.90. The summed E-state index contributed by atoms with van der Waals surface area (Å²) in [7, 11) is 1.75. The summed E-state index contributed by atoms with van der Waals surface area (Å²) in [5.41, 5.74) is 0.914. The Labute approximate surface area is 156 Å². The van der Waals surface area contributed by atoms with Crippen LogP contribution in [0, 0.1) is 12.8 Å². The van der Waals surface area contributed by atoms with E-state index in [0.717, 1.165) is 70.8 Å². The van der Waals surface area contributed by atoms with E-state index >= 15 is 0 Å². The molecule has 7 nitrogen and oxygen atoms in total. The molecule has 0 spiro atoms. The molecule has 1 N–H and O–H groups in total. The number of hydrogen-bond donors (Lipinski definition) is 1. The van der Waals surface area contributed by atoms with Crippen LogP contribution in [-0.4, -0.2) is 84.8 Å². The predicted octanol–water partition coefficient (Wildman–Crippen LogP) is 1.70. The maximum Gasteiger partial charge on any atom is 0.289 e. The Bertz CT molecular complexity index is 563. The number of piperidine rings is 1. The first-order chi connectivity index (χ1) is 12.7. The maximum atomic E-state index is 13.0. The fourth-order valence-electron chi connectivity index (χ4n) is 3.87. The number of imidazole rings is 1. The van der Waals surface area contributed by atoms with Gasteiger partial charge in [-0.2, -0.15) is 0 Å². The lowest BCUT2D eigenvalue weighted by Gasteiger charge is -2.35. The molecule has 3 rings (SSSR count). The lowest BCUT2D eigenvalue weighted by molar-refractivity contribution is 0.0429. The van der Waals surface area contributed by atoms with E-state index < -0.39 is 0 Å². The molecule has 0 unspecified atom stereocenters. The van der Waals surface area contributed by atoms with Crippen LogP contribution < -0.4 is 0 Å². The average Bonchev–Trinajstić information content (AvgIpc) is 3.31. The number of nitrogens with zero attached hydrogens (tertiary/aromatic N) is 3. The fraction of sp³-hybridized carbons (Fsp3) is 0.789. The normalized spacial score (nSPS) is 22.0. The number of methoxy groups -OCH3 is 1. The van der Waals surface area contributed by atoms with Crippen molar-refractivity contribution in [1.29, 1.82) is 0 Å². The molecule has 146 valence electrons. The van der Waals surface area contributed by atoms with Crippen molar-refractivity contribution in [2.75, 3.05) is 53.0 Å². The average molecular weight is 364 g/mol. The molecule has 1 aromatic heterocycles. The van der Waals surface area contributed by atoms with Crippen LogP contribution >= 0.6 is 0 Å². The van der Waals surface area contributed by atoms with Gasteiger partial charge in [0.25, 0.3) is 5.91 Å². The molecule has 3 heterocycles. The molecule has 7 heteroatoms. The second kappa shape index (κ2) is 9.48. The molecular formula is C19H32N4O3. The van der Waals surface area contributed by atoms with Crippen LogP contribution in [0.25, 0.3) is 0 Å². The number of nitrogens with one attached hydrogen (secondary N) is 1. The quantitative estimate of drug-likeness (QED) is 0.760. The minimum atomic E-state index is -0.00425. The third-order valence-corrected chi connectivity index (χ3v) is 5.44. The van der Waals surface area contributed by atoms with Crippen molar-refractivity contribution in [2.45, 2.75) is 38.7 Å². The molecule has 0 aromatic carbocycles. The molecule has 0 saturated carbocycles. The third kappa shape index (κ3) is 5.28. The zero-order valence-corrected chi connectivity index (χ0v) is 16.1. The van der Waals surface area contributed by atoms with Gasteiger partial charge in [-0.1, -0.05) is 0 Å². The molecule has 1 aromatic rings. The largest absolute Gasteiger partial charge is 0.383 e. The summed E-state index contributed by atoms with van der Waals surface area (Å²) >= 11 is 0. The van der Waals surface area contributed by atoms with Gasteiger partial charge in [0.05, 0.1) is 12.7 Å². The molecule has 1 amide bonds. The highest BCUT2D eigenvalue weighted by Gasteiger charge is 2.28. The Morgan fingerprint density at radius 1 is 1.38 bits per heavy atom. The number of carbonyl (C=O) groups is 1. The summed E-state index contributed by atoms with van der Waals surface area (Å²) in [5, 5.41) is 0. The molecule has 0 aliphatic carbocycles. The van der Waals surface area contributed by atoms with Crippen LogP contribution in [0.4, 0.5) is 0 Å². The summed E-state index contributed by atoms with van der Waals surface area (Å²) in [6.45, 7) is 8.12. The minimum Gasteiger partial charge on any atom is -0.383 e. The molecule has 2 saturated heterocycles. The first-order valence-electron chi connectivity index (χ1n) is 9.79. The summed E-state index contributed by atoms with van der Waals surface area (Å²) < 4.78 is 11.0. The monoisotopic (exact) mass is 364 g/mol. The van der Waals surface area contributed by atoms with E-state index in [4.69, 9.17) is 9.47 Å². The van der Waals surface area contributed by atoms with Gasteiger partial charge in [-0.25, -0.2) is 4.98 Å². The van der Waals surface area contributed by atoms with Crippen molar-refractivity contribution < 1.29 is 14.3 Å². The van der Waals surface area contributed by atoms with Gasteiger partial charge in [-0.05, 0) is 51.6 Å². The summed E-state index contributed by atoms with van der Waals surface area (Å²) in [6.07, 6.45) is 6.25. The first kappa shape index (κ1) is 19.3. The Morgan fingerprint density at radius 3 is 2.81 bits per heavy atom. The van der Waals surface area contributed by atoms with Crippen LogP contribution in [0.1, 0.15) is 42.0 Å². The first-order valence-corrected chi connectivity index (χ1v) is 9.79. The molecule has 1 atom stereocenters. The van der Waals surface area contributed by atoms with Crippen LogP contribution in [0.2, 0.25) is 0 Å². The van der Waals surface area contributed by atoms with Crippen molar-refractivity contribution in [3.05, 3.63) is 17.7 Å². The topological polar surface area (TPSA) is 70.7 Å². The van der Waals surface area contributed by atoms with Gasteiger partial charge in [0.2, 0.25) is 0 Å². The smallest absolute Gasteiger partial charge is 0.289 e.